The van der Waals surface area contributed by atoms with Gasteiger partial charge < -0.3 is 4.84 Å². The first-order valence-electron chi connectivity index (χ1n) is 11.1. The van der Waals surface area contributed by atoms with Crippen molar-refractivity contribution in [2.24, 2.45) is 0 Å². The van der Waals surface area contributed by atoms with Crippen LogP contribution in [0.25, 0.3) is 39.0 Å². The first kappa shape index (κ1) is 20.6. The number of para-hydroxylation sites is 1. The van der Waals surface area contributed by atoms with Crippen LogP contribution in [-0.4, -0.2) is 30.9 Å². The van der Waals surface area contributed by atoms with Gasteiger partial charge in [-0.3, -0.25) is 0 Å². The summed E-state index contributed by atoms with van der Waals surface area (Å²) in [7, 11) is 0. The summed E-state index contributed by atoms with van der Waals surface area (Å²) in [5.41, 5.74) is 6.95. The number of nitrogens with zero attached hydrogens (tertiary/aromatic N) is 5. The molecule has 0 N–H and O–H groups in total. The summed E-state index contributed by atoms with van der Waals surface area (Å²) in [5, 5.41) is 12.4. The maximum absolute atomic E-state index is 12.6. The molecule has 0 aliphatic rings. The number of fused-ring (bicyclic) bond motifs is 1. The molecule has 0 bridgehead atoms. The van der Waals surface area contributed by atoms with Gasteiger partial charge in [-0.2, -0.15) is 5.10 Å². The number of benzene rings is 4. The number of carbonyl (C=O) groups is 1. The van der Waals surface area contributed by atoms with Gasteiger partial charge in [0.05, 0.1) is 17.4 Å². The number of aromatic nitrogens is 5. The molecule has 35 heavy (non-hydrogen) atoms. The zero-order valence-corrected chi connectivity index (χ0v) is 18.5. The van der Waals surface area contributed by atoms with Crippen molar-refractivity contribution >= 4 is 17.0 Å². The third-order valence-electron chi connectivity index (χ3n) is 5.77. The van der Waals surface area contributed by atoms with Crippen molar-refractivity contribution in [3.05, 3.63) is 121 Å². The van der Waals surface area contributed by atoms with Crippen molar-refractivity contribution in [2.75, 3.05) is 0 Å². The highest BCUT2D eigenvalue weighted by molar-refractivity contribution is 5.90. The molecule has 0 unspecified atom stereocenters. The molecule has 2 aromatic heterocycles. The molecule has 0 spiro atoms. The standard InChI is InChI=1S/C28H19N5O2/c34-28(35-33-27-9-5-4-8-26(27)30-31-33)23-14-16-25(17-15-23)32-19-24(18-29-32)22-12-10-21(11-13-22)20-6-2-1-3-7-20/h1-19H. The van der Waals surface area contributed by atoms with E-state index in [9.17, 15) is 4.79 Å². The Labute approximate surface area is 200 Å². The fraction of sp³-hybridized carbons (Fsp3) is 0. The van der Waals surface area contributed by atoms with Crippen molar-refractivity contribution in [3.8, 4) is 27.9 Å². The van der Waals surface area contributed by atoms with Crippen LogP contribution in [0.4, 0.5) is 0 Å². The quantitative estimate of drug-likeness (QED) is 0.332. The second-order valence-corrected chi connectivity index (χ2v) is 7.99. The Bertz CT molecular complexity index is 1620. The molecule has 0 atom stereocenters. The van der Waals surface area contributed by atoms with Crippen LogP contribution in [0.3, 0.4) is 0 Å². The Morgan fingerprint density at radius 1 is 0.686 bits per heavy atom. The largest absolute Gasteiger partial charge is 0.365 e. The Morgan fingerprint density at radius 2 is 1.34 bits per heavy atom. The minimum atomic E-state index is -0.521. The Balaban J connectivity index is 1.17. The van der Waals surface area contributed by atoms with Crippen molar-refractivity contribution in [1.82, 2.24) is 24.9 Å². The highest BCUT2D eigenvalue weighted by Crippen LogP contribution is 2.25. The minimum absolute atomic E-state index is 0.400. The maximum Gasteiger partial charge on any atom is 0.365 e. The summed E-state index contributed by atoms with van der Waals surface area (Å²) < 4.78 is 1.78. The van der Waals surface area contributed by atoms with Gasteiger partial charge in [-0.05, 0) is 58.3 Å². The fourth-order valence-electron chi connectivity index (χ4n) is 3.90. The molecule has 7 nitrogen and oxygen atoms in total. The van der Waals surface area contributed by atoms with Crippen LogP contribution in [-0.2, 0) is 0 Å². The summed E-state index contributed by atoms with van der Waals surface area (Å²) >= 11 is 0. The first-order valence-corrected chi connectivity index (χ1v) is 11.1. The lowest BCUT2D eigenvalue weighted by molar-refractivity contribution is 0.0409. The number of hydrogen-bond donors (Lipinski definition) is 0. The summed E-state index contributed by atoms with van der Waals surface area (Å²) in [4.78, 5) is 19.1. The van der Waals surface area contributed by atoms with Gasteiger partial charge in [0, 0.05) is 11.8 Å². The molecule has 0 aliphatic carbocycles. The highest BCUT2D eigenvalue weighted by Gasteiger charge is 2.13. The van der Waals surface area contributed by atoms with E-state index in [2.05, 4.69) is 51.8 Å². The zero-order valence-electron chi connectivity index (χ0n) is 18.5. The summed E-state index contributed by atoms with van der Waals surface area (Å²) in [6.45, 7) is 0. The second kappa shape index (κ2) is 8.72. The van der Waals surface area contributed by atoms with Crippen molar-refractivity contribution < 1.29 is 9.63 Å². The van der Waals surface area contributed by atoms with Crippen LogP contribution in [0.2, 0.25) is 0 Å². The van der Waals surface area contributed by atoms with Crippen LogP contribution in [0.15, 0.2) is 116 Å². The Morgan fingerprint density at radius 3 is 2.11 bits per heavy atom. The Hall–Kier alpha value is -5.04. The molecule has 0 aliphatic heterocycles. The van der Waals surface area contributed by atoms with Gasteiger partial charge in [0.25, 0.3) is 0 Å². The van der Waals surface area contributed by atoms with Gasteiger partial charge in [-0.25, -0.2) is 9.48 Å². The number of rotatable bonds is 5. The molecule has 7 heteroatoms. The van der Waals surface area contributed by atoms with Crippen LogP contribution >= 0.6 is 0 Å². The Kier molecular flexibility index (Phi) is 5.12. The van der Waals surface area contributed by atoms with E-state index in [1.54, 1.807) is 28.9 Å². The molecular formula is C28H19N5O2. The van der Waals surface area contributed by atoms with E-state index in [1.807, 2.05) is 54.9 Å². The lowest BCUT2D eigenvalue weighted by Crippen LogP contribution is -2.21. The summed E-state index contributed by atoms with van der Waals surface area (Å²) in [6, 6.07) is 33.0. The van der Waals surface area contributed by atoms with Crippen LogP contribution in [0.1, 0.15) is 10.4 Å². The second-order valence-electron chi connectivity index (χ2n) is 7.99. The highest BCUT2D eigenvalue weighted by atomic mass is 16.7. The van der Waals surface area contributed by atoms with E-state index in [4.69, 9.17) is 4.84 Å². The molecule has 6 aromatic rings. The lowest BCUT2D eigenvalue weighted by atomic mass is 10.0. The van der Waals surface area contributed by atoms with Crippen molar-refractivity contribution in [2.45, 2.75) is 0 Å². The SMILES string of the molecule is O=C(On1nnc2ccccc21)c1ccc(-n2cc(-c3ccc(-c4ccccc4)cc3)cn2)cc1. The molecule has 2 heterocycles. The molecular weight excluding hydrogens is 438 g/mol. The monoisotopic (exact) mass is 457 g/mol. The average Bonchev–Trinajstić information content (AvgIpc) is 3.58. The molecule has 0 fully saturated rings. The van der Waals surface area contributed by atoms with Gasteiger partial charge >= 0.3 is 5.97 Å². The molecule has 0 radical (unpaired) electrons. The normalized spacial score (nSPS) is 11.0. The average molecular weight is 457 g/mol. The molecule has 0 saturated heterocycles. The zero-order chi connectivity index (χ0) is 23.6. The molecule has 0 saturated carbocycles. The van der Waals surface area contributed by atoms with E-state index in [-0.39, 0.29) is 0 Å². The van der Waals surface area contributed by atoms with Gasteiger partial charge in [0.15, 0.2) is 0 Å². The topological polar surface area (TPSA) is 74.8 Å². The van der Waals surface area contributed by atoms with Crippen LogP contribution in [0, 0.1) is 0 Å². The third kappa shape index (κ3) is 4.06. The molecule has 6 rings (SSSR count). The molecule has 0 amide bonds. The predicted octanol–water partition coefficient (Wildman–Crippen LogP) is 5.22. The summed E-state index contributed by atoms with van der Waals surface area (Å²) in [5.74, 6) is -0.521. The maximum atomic E-state index is 12.6. The third-order valence-corrected chi connectivity index (χ3v) is 5.77. The number of carbonyl (C=O) groups excluding carboxylic acids is 1. The molecule has 4 aromatic carbocycles. The predicted molar refractivity (Wildman–Crippen MR) is 133 cm³/mol. The first-order chi connectivity index (χ1) is 17.2. The van der Waals surface area contributed by atoms with E-state index in [0.29, 0.717) is 16.6 Å². The van der Waals surface area contributed by atoms with Crippen molar-refractivity contribution in [3.63, 3.8) is 0 Å². The van der Waals surface area contributed by atoms with Crippen LogP contribution < -0.4 is 4.84 Å². The smallest absolute Gasteiger partial charge is 0.312 e. The van der Waals surface area contributed by atoms with E-state index < -0.39 is 5.97 Å². The summed E-state index contributed by atoms with van der Waals surface area (Å²) in [6.07, 6.45) is 3.79. The van der Waals surface area contributed by atoms with E-state index in [0.717, 1.165) is 21.7 Å². The minimum Gasteiger partial charge on any atom is -0.312 e. The van der Waals surface area contributed by atoms with Gasteiger partial charge in [0.2, 0.25) is 0 Å². The number of hydrogen-bond acceptors (Lipinski definition) is 5. The lowest BCUT2D eigenvalue weighted by Gasteiger charge is -2.05. The van der Waals surface area contributed by atoms with E-state index >= 15 is 0 Å². The van der Waals surface area contributed by atoms with Crippen LogP contribution in [0.5, 0.6) is 0 Å². The van der Waals surface area contributed by atoms with Gasteiger partial charge in [-0.15, -0.1) is 5.10 Å². The van der Waals surface area contributed by atoms with Gasteiger partial charge in [0.1, 0.15) is 11.0 Å². The van der Waals surface area contributed by atoms with Gasteiger partial charge in [-0.1, -0.05) is 71.6 Å². The van der Waals surface area contributed by atoms with E-state index in [1.165, 1.54) is 11.1 Å². The molecule has 168 valence electrons. The van der Waals surface area contributed by atoms with Crippen molar-refractivity contribution in [1.29, 1.82) is 0 Å². The fourth-order valence-corrected chi connectivity index (χ4v) is 3.90.